The second-order valence-corrected chi connectivity index (χ2v) is 5.79. The van der Waals surface area contributed by atoms with Gasteiger partial charge in [-0.25, -0.2) is 5.84 Å². The molecule has 0 bridgehead atoms. The van der Waals surface area contributed by atoms with Gasteiger partial charge in [0.2, 0.25) is 0 Å². The third-order valence-electron chi connectivity index (χ3n) is 3.03. The van der Waals surface area contributed by atoms with Crippen LogP contribution in [0.4, 0.5) is 0 Å². The summed E-state index contributed by atoms with van der Waals surface area (Å²) in [5.74, 6) is 5.51. The molecule has 5 nitrogen and oxygen atoms in total. The first-order chi connectivity index (χ1) is 10.0. The van der Waals surface area contributed by atoms with E-state index in [0.717, 1.165) is 10.4 Å². The van der Waals surface area contributed by atoms with Crippen LogP contribution in [-0.2, 0) is 6.61 Å². The number of thiophene rings is 1. The number of carbonyl (C=O) groups excluding carboxylic acids is 2. The van der Waals surface area contributed by atoms with Crippen molar-refractivity contribution in [2.45, 2.75) is 20.5 Å². The zero-order valence-electron chi connectivity index (χ0n) is 11.8. The van der Waals surface area contributed by atoms with Crippen LogP contribution < -0.4 is 16.0 Å². The van der Waals surface area contributed by atoms with E-state index in [1.165, 1.54) is 18.3 Å². The van der Waals surface area contributed by atoms with Crippen molar-refractivity contribution in [1.82, 2.24) is 5.43 Å². The van der Waals surface area contributed by atoms with Crippen molar-refractivity contribution in [2.75, 3.05) is 0 Å². The molecule has 2 rings (SSSR count). The molecule has 0 spiro atoms. The van der Waals surface area contributed by atoms with Crippen LogP contribution in [0.1, 0.15) is 37.4 Å². The molecule has 0 fully saturated rings. The largest absolute Gasteiger partial charge is 0.489 e. The Balaban J connectivity index is 2.04. The zero-order chi connectivity index (χ0) is 15.4. The van der Waals surface area contributed by atoms with E-state index in [0.29, 0.717) is 22.8 Å². The predicted molar refractivity (Wildman–Crippen MR) is 81.5 cm³/mol. The molecule has 0 aliphatic carbocycles. The Bertz CT molecular complexity index is 662. The fourth-order valence-corrected chi connectivity index (χ4v) is 2.72. The third-order valence-corrected chi connectivity index (χ3v) is 4.12. The van der Waals surface area contributed by atoms with E-state index >= 15 is 0 Å². The molecule has 1 heterocycles. The molecular weight excluding hydrogens is 288 g/mol. The standard InChI is InChI=1S/C15H16N2O3S/c1-9(18)11-3-5-13(6-4-11)20-8-12-7-14(15(19)17-16)21-10(12)2/h3-7H,8,16H2,1-2H3,(H,17,19). The maximum absolute atomic E-state index is 11.5. The van der Waals surface area contributed by atoms with E-state index in [2.05, 4.69) is 5.43 Å². The van der Waals surface area contributed by atoms with E-state index in [4.69, 9.17) is 10.6 Å². The van der Waals surface area contributed by atoms with Crippen LogP contribution in [0, 0.1) is 6.92 Å². The van der Waals surface area contributed by atoms with Crippen molar-refractivity contribution < 1.29 is 14.3 Å². The Morgan fingerprint density at radius 2 is 1.95 bits per heavy atom. The van der Waals surface area contributed by atoms with Crippen LogP contribution in [0.3, 0.4) is 0 Å². The van der Waals surface area contributed by atoms with Gasteiger partial charge in [-0.05, 0) is 44.2 Å². The lowest BCUT2D eigenvalue weighted by atomic mass is 10.1. The highest BCUT2D eigenvalue weighted by Gasteiger charge is 2.11. The van der Waals surface area contributed by atoms with Gasteiger partial charge in [0, 0.05) is 16.0 Å². The summed E-state index contributed by atoms with van der Waals surface area (Å²) in [5, 5.41) is 0. The normalized spacial score (nSPS) is 10.2. The molecule has 110 valence electrons. The molecule has 0 aliphatic rings. The molecule has 0 radical (unpaired) electrons. The van der Waals surface area contributed by atoms with Gasteiger partial charge >= 0.3 is 0 Å². The smallest absolute Gasteiger partial charge is 0.275 e. The van der Waals surface area contributed by atoms with Crippen LogP contribution in [-0.4, -0.2) is 11.7 Å². The number of nitrogens with one attached hydrogen (secondary N) is 1. The number of hydrogen-bond acceptors (Lipinski definition) is 5. The molecule has 0 saturated carbocycles. The highest BCUT2D eigenvalue weighted by molar-refractivity contribution is 7.14. The quantitative estimate of drug-likeness (QED) is 0.385. The summed E-state index contributed by atoms with van der Waals surface area (Å²) in [7, 11) is 0. The van der Waals surface area contributed by atoms with E-state index < -0.39 is 0 Å². The van der Waals surface area contributed by atoms with Gasteiger partial charge in [0.1, 0.15) is 12.4 Å². The fraction of sp³-hybridized carbons (Fsp3) is 0.200. The molecule has 21 heavy (non-hydrogen) atoms. The first-order valence-corrected chi connectivity index (χ1v) is 7.17. The number of ether oxygens (including phenoxy) is 1. The number of carbonyl (C=O) groups is 2. The number of nitrogen functional groups attached to an aromatic ring is 1. The van der Waals surface area contributed by atoms with Gasteiger partial charge in [-0.2, -0.15) is 0 Å². The second kappa shape index (κ2) is 6.51. The number of hydrazine groups is 1. The number of nitrogens with two attached hydrogens (primary N) is 1. The lowest BCUT2D eigenvalue weighted by Gasteiger charge is -2.06. The highest BCUT2D eigenvalue weighted by atomic mass is 32.1. The van der Waals surface area contributed by atoms with E-state index in [9.17, 15) is 9.59 Å². The van der Waals surface area contributed by atoms with Gasteiger partial charge in [0.05, 0.1) is 4.88 Å². The first-order valence-electron chi connectivity index (χ1n) is 6.35. The van der Waals surface area contributed by atoms with Crippen molar-refractivity contribution in [3.8, 4) is 5.75 Å². The summed E-state index contributed by atoms with van der Waals surface area (Å²) in [6.07, 6.45) is 0. The van der Waals surface area contributed by atoms with Gasteiger partial charge < -0.3 is 4.74 Å². The summed E-state index contributed by atoms with van der Waals surface area (Å²) in [4.78, 5) is 24.2. The van der Waals surface area contributed by atoms with Crippen LogP contribution in [0.25, 0.3) is 0 Å². The maximum atomic E-state index is 11.5. The Morgan fingerprint density at radius 3 is 2.52 bits per heavy atom. The average molecular weight is 304 g/mol. The number of hydrogen-bond donors (Lipinski definition) is 2. The van der Waals surface area contributed by atoms with Crippen molar-refractivity contribution >= 4 is 23.0 Å². The van der Waals surface area contributed by atoms with Crippen LogP contribution >= 0.6 is 11.3 Å². The Labute approximate surface area is 126 Å². The second-order valence-electron chi connectivity index (χ2n) is 4.53. The maximum Gasteiger partial charge on any atom is 0.275 e. The summed E-state index contributed by atoms with van der Waals surface area (Å²) >= 11 is 1.37. The van der Waals surface area contributed by atoms with E-state index in [1.807, 2.05) is 6.92 Å². The number of rotatable bonds is 5. The summed E-state index contributed by atoms with van der Waals surface area (Å²) in [5.41, 5.74) is 3.70. The van der Waals surface area contributed by atoms with Crippen molar-refractivity contribution in [1.29, 1.82) is 0 Å². The molecule has 2 aromatic rings. The molecule has 0 unspecified atom stereocenters. The topological polar surface area (TPSA) is 81.4 Å². The van der Waals surface area contributed by atoms with Gasteiger partial charge in [-0.3, -0.25) is 15.0 Å². The summed E-state index contributed by atoms with van der Waals surface area (Å²) in [6, 6.07) is 8.74. The Hall–Kier alpha value is -2.18. The first kappa shape index (κ1) is 15.2. The minimum atomic E-state index is -0.305. The molecule has 1 aromatic heterocycles. The van der Waals surface area contributed by atoms with Gasteiger partial charge in [-0.15, -0.1) is 11.3 Å². The molecule has 1 amide bonds. The predicted octanol–water partition coefficient (Wildman–Crippen LogP) is 2.44. The highest BCUT2D eigenvalue weighted by Crippen LogP contribution is 2.23. The SMILES string of the molecule is CC(=O)c1ccc(OCc2cc(C(=O)NN)sc2C)cc1. The van der Waals surface area contributed by atoms with E-state index in [-0.39, 0.29) is 11.7 Å². The zero-order valence-corrected chi connectivity index (χ0v) is 12.6. The van der Waals surface area contributed by atoms with Crippen LogP contribution in [0.15, 0.2) is 30.3 Å². The molecule has 6 heteroatoms. The van der Waals surface area contributed by atoms with Crippen molar-refractivity contribution in [2.24, 2.45) is 5.84 Å². The molecule has 0 aliphatic heterocycles. The molecule has 3 N–H and O–H groups in total. The summed E-state index contributed by atoms with van der Waals surface area (Å²) in [6.45, 7) is 3.81. The number of aryl methyl sites for hydroxylation is 1. The summed E-state index contributed by atoms with van der Waals surface area (Å²) < 4.78 is 5.67. The van der Waals surface area contributed by atoms with Gasteiger partial charge in [0.25, 0.3) is 5.91 Å². The van der Waals surface area contributed by atoms with Gasteiger partial charge in [0.15, 0.2) is 5.78 Å². The molecular formula is C15H16N2O3S. The minimum absolute atomic E-state index is 0.0210. The van der Waals surface area contributed by atoms with Crippen LogP contribution in [0.5, 0.6) is 5.75 Å². The third kappa shape index (κ3) is 3.68. The monoisotopic (exact) mass is 304 g/mol. The average Bonchev–Trinajstić information content (AvgIpc) is 2.86. The van der Waals surface area contributed by atoms with E-state index in [1.54, 1.807) is 30.3 Å². The number of amides is 1. The minimum Gasteiger partial charge on any atom is -0.489 e. The lowest BCUT2D eigenvalue weighted by molar-refractivity contribution is 0.0956. The van der Waals surface area contributed by atoms with Crippen molar-refractivity contribution in [3.63, 3.8) is 0 Å². The molecule has 1 aromatic carbocycles. The van der Waals surface area contributed by atoms with Crippen LogP contribution in [0.2, 0.25) is 0 Å². The Morgan fingerprint density at radius 1 is 1.29 bits per heavy atom. The number of benzene rings is 1. The van der Waals surface area contributed by atoms with Crippen molar-refractivity contribution in [3.05, 3.63) is 51.2 Å². The molecule has 0 atom stereocenters. The number of Topliss-reactive ketones (excluding diaryl/α,β-unsaturated/α-hetero) is 1. The Kier molecular flexibility index (Phi) is 4.72. The number of ketones is 1. The fourth-order valence-electron chi connectivity index (χ4n) is 1.79. The van der Waals surface area contributed by atoms with Gasteiger partial charge in [-0.1, -0.05) is 0 Å². The molecule has 0 saturated heterocycles. The lowest BCUT2D eigenvalue weighted by Crippen LogP contribution is -2.29.